The molecule has 0 aliphatic carbocycles. The number of benzene rings is 2. The Morgan fingerprint density at radius 3 is 2.16 bits per heavy atom. The van der Waals surface area contributed by atoms with Crippen molar-refractivity contribution >= 4 is 23.8 Å². The van der Waals surface area contributed by atoms with Crippen molar-refractivity contribution < 1.29 is 33.4 Å². The van der Waals surface area contributed by atoms with E-state index in [-0.39, 0.29) is 13.0 Å². The van der Waals surface area contributed by atoms with Gasteiger partial charge in [-0.15, -0.1) is 0 Å². The summed E-state index contributed by atoms with van der Waals surface area (Å²) in [6.07, 6.45) is 0.227. The van der Waals surface area contributed by atoms with Crippen LogP contribution in [0.3, 0.4) is 0 Å². The summed E-state index contributed by atoms with van der Waals surface area (Å²) in [5, 5.41) is 4.81. The van der Waals surface area contributed by atoms with Crippen LogP contribution in [0.15, 0.2) is 60.7 Å². The van der Waals surface area contributed by atoms with Crippen molar-refractivity contribution in [3.63, 3.8) is 0 Å². The largest absolute Gasteiger partial charge is 0.484 e. The van der Waals surface area contributed by atoms with Crippen molar-refractivity contribution in [1.82, 2.24) is 10.6 Å². The monoisotopic (exact) mass is 428 g/mol. The Morgan fingerprint density at radius 1 is 0.871 bits per heavy atom. The molecule has 164 valence electrons. The third kappa shape index (κ3) is 8.99. The van der Waals surface area contributed by atoms with E-state index in [1.165, 1.54) is 7.11 Å². The van der Waals surface area contributed by atoms with E-state index in [1.807, 2.05) is 36.4 Å². The highest BCUT2D eigenvalue weighted by Gasteiger charge is 2.22. The maximum atomic E-state index is 12.1. The van der Waals surface area contributed by atoms with Gasteiger partial charge in [0.1, 0.15) is 18.3 Å². The predicted octanol–water partition coefficient (Wildman–Crippen LogP) is 0.625. The molecule has 0 saturated carbocycles. The fourth-order valence-electron chi connectivity index (χ4n) is 2.51. The molecule has 0 spiro atoms. The van der Waals surface area contributed by atoms with Gasteiger partial charge in [0.05, 0.1) is 7.11 Å². The first kappa shape index (κ1) is 23.4. The van der Waals surface area contributed by atoms with E-state index in [1.54, 1.807) is 24.3 Å². The summed E-state index contributed by atoms with van der Waals surface area (Å²) in [6, 6.07) is 16.9. The van der Waals surface area contributed by atoms with Crippen LogP contribution in [0.1, 0.15) is 5.56 Å². The number of esters is 2. The molecule has 0 bridgehead atoms. The minimum absolute atomic E-state index is 0.227. The molecule has 0 aromatic heterocycles. The predicted molar refractivity (Wildman–Crippen MR) is 110 cm³/mol. The molecule has 9 heteroatoms. The number of rotatable bonds is 11. The zero-order chi connectivity index (χ0) is 22.5. The zero-order valence-electron chi connectivity index (χ0n) is 17.0. The van der Waals surface area contributed by atoms with Gasteiger partial charge in [-0.05, 0) is 17.7 Å². The highest BCUT2D eigenvalue weighted by atomic mass is 16.5. The van der Waals surface area contributed by atoms with Gasteiger partial charge in [-0.1, -0.05) is 48.5 Å². The summed E-state index contributed by atoms with van der Waals surface area (Å²) < 4.78 is 14.8. The SMILES string of the molecule is COC(=O)C(Cc1ccccc1)NC(=O)COC(=O)CNC(=O)COc1ccccc1. The van der Waals surface area contributed by atoms with Crippen molar-refractivity contribution in [3.05, 3.63) is 66.2 Å². The van der Waals surface area contributed by atoms with E-state index in [4.69, 9.17) is 14.2 Å². The second-order valence-electron chi connectivity index (χ2n) is 6.37. The molecule has 1 unspecified atom stereocenters. The maximum absolute atomic E-state index is 12.1. The lowest BCUT2D eigenvalue weighted by atomic mass is 10.1. The molecule has 2 rings (SSSR count). The Morgan fingerprint density at radius 2 is 1.52 bits per heavy atom. The minimum Gasteiger partial charge on any atom is -0.484 e. The van der Waals surface area contributed by atoms with Crippen LogP contribution in [0.2, 0.25) is 0 Å². The van der Waals surface area contributed by atoms with Gasteiger partial charge < -0.3 is 24.8 Å². The van der Waals surface area contributed by atoms with Gasteiger partial charge in [-0.2, -0.15) is 0 Å². The minimum atomic E-state index is -0.923. The third-order valence-electron chi connectivity index (χ3n) is 4.01. The second-order valence-corrected chi connectivity index (χ2v) is 6.37. The molecule has 0 saturated heterocycles. The average molecular weight is 428 g/mol. The lowest BCUT2D eigenvalue weighted by Gasteiger charge is -2.16. The topological polar surface area (TPSA) is 120 Å². The molecule has 1 atom stereocenters. The number of methoxy groups -OCH3 is 1. The third-order valence-corrected chi connectivity index (χ3v) is 4.01. The summed E-state index contributed by atoms with van der Waals surface area (Å²) in [6.45, 7) is -1.29. The molecule has 2 aromatic carbocycles. The highest BCUT2D eigenvalue weighted by molar-refractivity contribution is 5.87. The Hall–Kier alpha value is -3.88. The van der Waals surface area contributed by atoms with Crippen molar-refractivity contribution in [2.24, 2.45) is 0 Å². The van der Waals surface area contributed by atoms with E-state index in [2.05, 4.69) is 10.6 Å². The number of amides is 2. The second kappa shape index (κ2) is 12.6. The number of carbonyl (C=O) groups is 4. The molecule has 0 heterocycles. The molecule has 9 nitrogen and oxygen atoms in total. The number of ether oxygens (including phenoxy) is 3. The first-order valence-corrected chi connectivity index (χ1v) is 9.49. The molecule has 0 fully saturated rings. The van der Waals surface area contributed by atoms with Crippen LogP contribution in [0.25, 0.3) is 0 Å². The number of carbonyl (C=O) groups excluding carboxylic acids is 4. The summed E-state index contributed by atoms with van der Waals surface area (Å²) in [7, 11) is 1.22. The Labute approximate surface area is 179 Å². The summed E-state index contributed by atoms with van der Waals surface area (Å²) >= 11 is 0. The van der Waals surface area contributed by atoms with Gasteiger partial charge >= 0.3 is 11.9 Å². The summed E-state index contributed by atoms with van der Waals surface area (Å²) in [4.78, 5) is 47.4. The highest BCUT2D eigenvalue weighted by Crippen LogP contribution is 2.07. The quantitative estimate of drug-likeness (QED) is 0.504. The standard InChI is InChI=1S/C22H24N2O7/c1-29-22(28)18(12-16-8-4-2-5-9-16)24-20(26)15-31-21(27)13-23-19(25)14-30-17-10-6-3-7-11-17/h2-11,18H,12-15H2,1H3,(H,23,25)(H,24,26). The van der Waals surface area contributed by atoms with Crippen molar-refractivity contribution in [2.75, 3.05) is 26.9 Å². The Kier molecular flexibility index (Phi) is 9.54. The lowest BCUT2D eigenvalue weighted by molar-refractivity contribution is -0.150. The molecule has 0 aliphatic heterocycles. The molecule has 0 aliphatic rings. The van der Waals surface area contributed by atoms with Crippen LogP contribution in [-0.2, 0) is 35.1 Å². The average Bonchev–Trinajstić information content (AvgIpc) is 2.80. The molecule has 31 heavy (non-hydrogen) atoms. The lowest BCUT2D eigenvalue weighted by Crippen LogP contribution is -2.45. The van der Waals surface area contributed by atoms with Gasteiger partial charge in [0.25, 0.3) is 11.8 Å². The van der Waals surface area contributed by atoms with Crippen LogP contribution in [0.4, 0.5) is 0 Å². The summed E-state index contributed by atoms with van der Waals surface area (Å²) in [5.74, 6) is -2.08. The van der Waals surface area contributed by atoms with Crippen LogP contribution in [0, 0.1) is 0 Å². The van der Waals surface area contributed by atoms with E-state index in [9.17, 15) is 19.2 Å². The fourth-order valence-corrected chi connectivity index (χ4v) is 2.51. The van der Waals surface area contributed by atoms with E-state index >= 15 is 0 Å². The first-order chi connectivity index (χ1) is 15.0. The van der Waals surface area contributed by atoms with Gasteiger partial charge in [0.15, 0.2) is 13.2 Å². The normalized spacial score (nSPS) is 11.0. The van der Waals surface area contributed by atoms with Crippen LogP contribution >= 0.6 is 0 Å². The zero-order valence-corrected chi connectivity index (χ0v) is 17.0. The fraction of sp³-hybridized carbons (Fsp3) is 0.273. The van der Waals surface area contributed by atoms with Crippen molar-refractivity contribution in [3.8, 4) is 5.75 Å². The van der Waals surface area contributed by atoms with E-state index in [0.29, 0.717) is 5.75 Å². The van der Waals surface area contributed by atoms with Gasteiger partial charge in [0.2, 0.25) is 0 Å². The molecular formula is C22H24N2O7. The van der Waals surface area contributed by atoms with Gasteiger partial charge in [0, 0.05) is 6.42 Å². The van der Waals surface area contributed by atoms with E-state index < -0.39 is 42.9 Å². The molecule has 2 N–H and O–H groups in total. The molecule has 2 aromatic rings. The van der Waals surface area contributed by atoms with Crippen LogP contribution in [-0.4, -0.2) is 56.7 Å². The Bertz CT molecular complexity index is 872. The Balaban J connectivity index is 1.70. The van der Waals surface area contributed by atoms with Crippen molar-refractivity contribution in [2.45, 2.75) is 12.5 Å². The molecular weight excluding hydrogens is 404 g/mol. The van der Waals surface area contributed by atoms with Crippen molar-refractivity contribution in [1.29, 1.82) is 0 Å². The van der Waals surface area contributed by atoms with E-state index in [0.717, 1.165) is 5.56 Å². The van der Waals surface area contributed by atoms with Gasteiger partial charge in [-0.25, -0.2) is 4.79 Å². The molecule has 0 radical (unpaired) electrons. The maximum Gasteiger partial charge on any atom is 0.328 e. The number of hydrogen-bond donors (Lipinski definition) is 2. The van der Waals surface area contributed by atoms with Crippen LogP contribution in [0.5, 0.6) is 5.75 Å². The number of hydrogen-bond acceptors (Lipinski definition) is 7. The number of nitrogens with one attached hydrogen (secondary N) is 2. The van der Waals surface area contributed by atoms with Gasteiger partial charge in [-0.3, -0.25) is 14.4 Å². The smallest absolute Gasteiger partial charge is 0.328 e. The number of para-hydroxylation sites is 1. The van der Waals surface area contributed by atoms with Crippen LogP contribution < -0.4 is 15.4 Å². The first-order valence-electron chi connectivity index (χ1n) is 9.49. The summed E-state index contributed by atoms with van der Waals surface area (Å²) in [5.41, 5.74) is 0.829. The molecule has 2 amide bonds.